The second kappa shape index (κ2) is 7.22. The van der Waals surface area contributed by atoms with Gasteiger partial charge in [-0.15, -0.1) is 23.7 Å². The molecule has 0 saturated heterocycles. The Morgan fingerprint density at radius 1 is 1.42 bits per heavy atom. The van der Waals surface area contributed by atoms with Crippen molar-refractivity contribution in [1.29, 1.82) is 0 Å². The van der Waals surface area contributed by atoms with Crippen LogP contribution in [0.4, 0.5) is 0 Å². The molecule has 1 aromatic heterocycles. The van der Waals surface area contributed by atoms with Gasteiger partial charge in [-0.3, -0.25) is 4.79 Å². The Balaban J connectivity index is 0.00000324. The summed E-state index contributed by atoms with van der Waals surface area (Å²) in [7, 11) is 3.71. The Labute approximate surface area is 126 Å². The standard InChI is InChI=1S/C13H23N3OS.ClH/c1-9-10(11(17)16(6)8-7-14-5)18-12(15-9)13(2,3)4;/h14H,7-8H2,1-6H3;1H. The fourth-order valence-corrected chi connectivity index (χ4v) is 2.59. The van der Waals surface area contributed by atoms with Crippen LogP contribution in [0.2, 0.25) is 0 Å². The average molecular weight is 306 g/mol. The summed E-state index contributed by atoms with van der Waals surface area (Å²) in [5, 5.41) is 4.06. The van der Waals surface area contributed by atoms with E-state index in [1.807, 2.05) is 21.0 Å². The van der Waals surface area contributed by atoms with Crippen LogP contribution < -0.4 is 5.32 Å². The van der Waals surface area contributed by atoms with Gasteiger partial charge in [0.2, 0.25) is 0 Å². The topological polar surface area (TPSA) is 45.2 Å². The van der Waals surface area contributed by atoms with Crippen molar-refractivity contribution in [3.05, 3.63) is 15.6 Å². The average Bonchev–Trinajstić information content (AvgIpc) is 2.66. The lowest BCUT2D eigenvalue weighted by Crippen LogP contribution is -2.32. The first-order valence-electron chi connectivity index (χ1n) is 6.15. The largest absolute Gasteiger partial charge is 0.340 e. The highest BCUT2D eigenvalue weighted by Crippen LogP contribution is 2.29. The smallest absolute Gasteiger partial charge is 0.265 e. The number of likely N-dealkylation sites (N-methyl/N-ethyl adjacent to an activating group) is 2. The highest BCUT2D eigenvalue weighted by molar-refractivity contribution is 7.14. The van der Waals surface area contributed by atoms with Crippen molar-refractivity contribution in [2.75, 3.05) is 27.2 Å². The number of carbonyl (C=O) groups is 1. The molecule has 1 heterocycles. The summed E-state index contributed by atoms with van der Waals surface area (Å²) in [6, 6.07) is 0. The third kappa shape index (κ3) is 4.75. The molecule has 0 bridgehead atoms. The van der Waals surface area contributed by atoms with E-state index in [9.17, 15) is 4.79 Å². The van der Waals surface area contributed by atoms with Crippen molar-refractivity contribution >= 4 is 29.7 Å². The molecule has 0 atom stereocenters. The number of nitrogens with zero attached hydrogens (tertiary/aromatic N) is 2. The Morgan fingerprint density at radius 3 is 2.42 bits per heavy atom. The molecule has 0 fully saturated rings. The molecule has 1 aromatic rings. The summed E-state index contributed by atoms with van der Waals surface area (Å²) >= 11 is 1.51. The van der Waals surface area contributed by atoms with Gasteiger partial charge in [-0.05, 0) is 14.0 Å². The normalized spacial score (nSPS) is 11.1. The highest BCUT2D eigenvalue weighted by Gasteiger charge is 2.24. The summed E-state index contributed by atoms with van der Waals surface area (Å²) in [6.07, 6.45) is 0. The number of aromatic nitrogens is 1. The zero-order chi connectivity index (χ0) is 13.9. The van der Waals surface area contributed by atoms with Gasteiger partial charge in [0, 0.05) is 25.6 Å². The number of amides is 1. The predicted octanol–water partition coefficient (Wildman–Crippen LogP) is 2.46. The van der Waals surface area contributed by atoms with Gasteiger partial charge in [-0.2, -0.15) is 0 Å². The van der Waals surface area contributed by atoms with Crippen LogP contribution in [0.15, 0.2) is 0 Å². The summed E-state index contributed by atoms with van der Waals surface area (Å²) < 4.78 is 0. The Bertz CT molecular complexity index is 426. The third-order valence-corrected chi connectivity index (χ3v) is 4.25. The molecule has 0 saturated carbocycles. The fraction of sp³-hybridized carbons (Fsp3) is 0.692. The van der Waals surface area contributed by atoms with E-state index in [-0.39, 0.29) is 23.7 Å². The SMILES string of the molecule is CNCCN(C)C(=O)c1sc(C(C)(C)C)nc1C.Cl. The van der Waals surface area contributed by atoms with E-state index < -0.39 is 0 Å². The Morgan fingerprint density at radius 2 is 2.00 bits per heavy atom. The van der Waals surface area contributed by atoms with Crippen molar-refractivity contribution < 1.29 is 4.79 Å². The van der Waals surface area contributed by atoms with Crippen LogP contribution in [0.5, 0.6) is 0 Å². The van der Waals surface area contributed by atoms with Gasteiger partial charge in [0.15, 0.2) is 0 Å². The predicted molar refractivity (Wildman–Crippen MR) is 83.7 cm³/mol. The van der Waals surface area contributed by atoms with Crippen LogP contribution >= 0.6 is 23.7 Å². The van der Waals surface area contributed by atoms with Gasteiger partial charge in [0.25, 0.3) is 5.91 Å². The molecule has 0 aromatic carbocycles. The second-order valence-corrected chi connectivity index (χ2v) is 6.51. The van der Waals surface area contributed by atoms with Crippen LogP contribution in [-0.2, 0) is 5.41 Å². The molecule has 19 heavy (non-hydrogen) atoms. The molecule has 110 valence electrons. The van der Waals surface area contributed by atoms with Crippen LogP contribution in [0.1, 0.15) is 41.1 Å². The number of hydrogen-bond acceptors (Lipinski definition) is 4. The number of nitrogens with one attached hydrogen (secondary N) is 1. The van der Waals surface area contributed by atoms with Crippen molar-refractivity contribution in [3.63, 3.8) is 0 Å². The van der Waals surface area contributed by atoms with Gasteiger partial charge in [-0.1, -0.05) is 20.8 Å². The minimum absolute atomic E-state index is 0. The Hall–Kier alpha value is -0.650. The maximum Gasteiger partial charge on any atom is 0.265 e. The zero-order valence-electron chi connectivity index (χ0n) is 12.5. The van der Waals surface area contributed by atoms with Gasteiger partial charge < -0.3 is 10.2 Å². The molecule has 0 aliphatic carbocycles. The molecule has 0 spiro atoms. The lowest BCUT2D eigenvalue weighted by molar-refractivity contribution is 0.0800. The maximum absolute atomic E-state index is 12.3. The highest BCUT2D eigenvalue weighted by atomic mass is 35.5. The van der Waals surface area contributed by atoms with Crippen LogP contribution in [0, 0.1) is 6.92 Å². The Kier molecular flexibility index (Phi) is 6.97. The maximum atomic E-state index is 12.3. The monoisotopic (exact) mass is 305 g/mol. The van der Waals surface area contributed by atoms with Gasteiger partial charge in [-0.25, -0.2) is 4.98 Å². The molecule has 6 heteroatoms. The molecular formula is C13H24ClN3OS. The van der Waals surface area contributed by atoms with E-state index in [1.54, 1.807) is 4.90 Å². The number of thiazole rings is 1. The lowest BCUT2D eigenvalue weighted by Gasteiger charge is -2.16. The molecule has 0 radical (unpaired) electrons. The summed E-state index contributed by atoms with van der Waals surface area (Å²) in [5.41, 5.74) is 0.837. The molecule has 4 nitrogen and oxygen atoms in total. The number of aryl methyl sites for hydroxylation is 1. The minimum atomic E-state index is -0.00248. The minimum Gasteiger partial charge on any atom is -0.340 e. The van der Waals surface area contributed by atoms with Crippen molar-refractivity contribution in [2.24, 2.45) is 0 Å². The first-order chi connectivity index (χ1) is 8.27. The number of carbonyl (C=O) groups excluding carboxylic acids is 1. The van der Waals surface area contributed by atoms with E-state index in [4.69, 9.17) is 0 Å². The van der Waals surface area contributed by atoms with E-state index >= 15 is 0 Å². The first kappa shape index (κ1) is 18.4. The van der Waals surface area contributed by atoms with Crippen LogP contribution in [0.3, 0.4) is 0 Å². The molecule has 1 amide bonds. The van der Waals surface area contributed by atoms with Gasteiger partial charge >= 0.3 is 0 Å². The quantitative estimate of drug-likeness (QED) is 0.929. The van der Waals surface area contributed by atoms with E-state index in [2.05, 4.69) is 31.1 Å². The molecule has 1 rings (SSSR count). The fourth-order valence-electron chi connectivity index (χ4n) is 1.47. The molecule has 0 aliphatic heterocycles. The molecule has 0 unspecified atom stereocenters. The van der Waals surface area contributed by atoms with E-state index in [0.29, 0.717) is 6.54 Å². The third-order valence-electron chi connectivity index (χ3n) is 2.68. The van der Waals surface area contributed by atoms with E-state index in [0.717, 1.165) is 22.1 Å². The summed E-state index contributed by atoms with van der Waals surface area (Å²) in [4.78, 5) is 19.3. The number of rotatable bonds is 4. The van der Waals surface area contributed by atoms with Crippen molar-refractivity contribution in [2.45, 2.75) is 33.1 Å². The lowest BCUT2D eigenvalue weighted by atomic mass is 9.98. The van der Waals surface area contributed by atoms with Gasteiger partial charge in [0.05, 0.1) is 10.7 Å². The number of halogens is 1. The van der Waals surface area contributed by atoms with Crippen LogP contribution in [0.25, 0.3) is 0 Å². The first-order valence-corrected chi connectivity index (χ1v) is 6.97. The van der Waals surface area contributed by atoms with E-state index in [1.165, 1.54) is 11.3 Å². The number of hydrogen-bond donors (Lipinski definition) is 1. The second-order valence-electron chi connectivity index (χ2n) is 5.51. The van der Waals surface area contributed by atoms with Crippen molar-refractivity contribution in [1.82, 2.24) is 15.2 Å². The molecular weight excluding hydrogens is 282 g/mol. The summed E-state index contributed by atoms with van der Waals surface area (Å²) in [6.45, 7) is 9.76. The summed E-state index contributed by atoms with van der Waals surface area (Å²) in [5.74, 6) is 0.0655. The zero-order valence-corrected chi connectivity index (χ0v) is 14.2. The molecule has 1 N–H and O–H groups in total. The van der Waals surface area contributed by atoms with Gasteiger partial charge in [0.1, 0.15) is 4.88 Å². The van der Waals surface area contributed by atoms with Crippen molar-refractivity contribution in [3.8, 4) is 0 Å². The van der Waals surface area contributed by atoms with Crippen LogP contribution in [-0.4, -0.2) is 43.0 Å². The molecule has 0 aliphatic rings.